The van der Waals surface area contributed by atoms with Crippen molar-refractivity contribution in [1.82, 2.24) is 4.90 Å². The average Bonchev–Trinajstić information content (AvgIpc) is 2.62. The lowest BCUT2D eigenvalue weighted by atomic mass is 9.95. The zero-order chi connectivity index (χ0) is 18.0. The molecule has 2 heterocycles. The van der Waals surface area contributed by atoms with E-state index in [1.54, 1.807) is 19.9 Å². The molecule has 25 heavy (non-hydrogen) atoms. The van der Waals surface area contributed by atoms with Crippen molar-refractivity contribution in [2.24, 2.45) is 5.92 Å². The number of piperidine rings is 2. The van der Waals surface area contributed by atoms with Gasteiger partial charge in [-0.1, -0.05) is 13.0 Å². The van der Waals surface area contributed by atoms with Gasteiger partial charge >= 0.3 is 0 Å². The number of anilines is 1. The van der Waals surface area contributed by atoms with Crippen molar-refractivity contribution in [2.45, 2.75) is 62.6 Å². The van der Waals surface area contributed by atoms with Crippen molar-refractivity contribution in [3.05, 3.63) is 24.3 Å². The summed E-state index contributed by atoms with van der Waals surface area (Å²) in [6.07, 6.45) is 5.01. The van der Waals surface area contributed by atoms with Crippen LogP contribution in [-0.4, -0.2) is 50.8 Å². The fraction of sp³-hybridized carbons (Fsp3) is 0.700. The minimum absolute atomic E-state index is 0.380. The van der Waals surface area contributed by atoms with E-state index >= 15 is 0 Å². The highest BCUT2D eigenvalue weighted by Gasteiger charge is 2.28. The Hall–Kier alpha value is -1.07. The number of rotatable bonds is 4. The molecule has 0 atom stereocenters. The molecule has 0 spiro atoms. The first-order valence-electron chi connectivity index (χ1n) is 9.71. The summed E-state index contributed by atoms with van der Waals surface area (Å²) in [5.41, 5.74) is 1.05. The third-order valence-electron chi connectivity index (χ3n) is 5.93. The monoisotopic (exact) mass is 364 g/mol. The van der Waals surface area contributed by atoms with E-state index in [1.807, 2.05) is 18.2 Å². The second kappa shape index (κ2) is 7.67. The standard InChI is InChI=1S/C20H32N2O2S/c1-16(2)25(23,24)20-6-4-5-19(15-20)22-13-9-18(10-14-22)21-11-7-17(3)8-12-21/h4-6,15-18H,7-14H2,1-3H3. The number of sulfone groups is 1. The molecule has 0 aliphatic carbocycles. The quantitative estimate of drug-likeness (QED) is 0.819. The highest BCUT2D eigenvalue weighted by Crippen LogP contribution is 2.28. The number of likely N-dealkylation sites (tertiary alicyclic amines) is 1. The molecule has 0 bridgehead atoms. The minimum Gasteiger partial charge on any atom is -0.371 e. The Morgan fingerprint density at radius 1 is 1.00 bits per heavy atom. The smallest absolute Gasteiger partial charge is 0.180 e. The van der Waals surface area contributed by atoms with Crippen LogP contribution < -0.4 is 4.90 Å². The summed E-state index contributed by atoms with van der Waals surface area (Å²) in [6.45, 7) is 10.4. The van der Waals surface area contributed by atoms with E-state index in [4.69, 9.17) is 0 Å². The van der Waals surface area contributed by atoms with E-state index < -0.39 is 9.84 Å². The van der Waals surface area contributed by atoms with Gasteiger partial charge in [0.15, 0.2) is 9.84 Å². The maximum absolute atomic E-state index is 12.4. The van der Waals surface area contributed by atoms with E-state index in [0.717, 1.165) is 24.7 Å². The molecule has 1 aromatic rings. The molecule has 0 saturated carbocycles. The van der Waals surface area contributed by atoms with Gasteiger partial charge in [-0.05, 0) is 76.7 Å². The van der Waals surface area contributed by atoms with Gasteiger partial charge in [0.25, 0.3) is 0 Å². The van der Waals surface area contributed by atoms with Crippen LogP contribution in [0.15, 0.2) is 29.2 Å². The summed E-state index contributed by atoms with van der Waals surface area (Å²) in [5, 5.41) is -0.380. The van der Waals surface area contributed by atoms with Crippen LogP contribution in [0, 0.1) is 5.92 Å². The lowest BCUT2D eigenvalue weighted by molar-refractivity contribution is 0.120. The van der Waals surface area contributed by atoms with Gasteiger partial charge in [0.2, 0.25) is 0 Å². The summed E-state index contributed by atoms with van der Waals surface area (Å²) in [5.74, 6) is 0.877. The Labute approximate surface area is 153 Å². The average molecular weight is 365 g/mol. The van der Waals surface area contributed by atoms with E-state index in [0.29, 0.717) is 10.9 Å². The molecule has 0 N–H and O–H groups in total. The fourth-order valence-electron chi connectivity index (χ4n) is 4.01. The zero-order valence-corrected chi connectivity index (χ0v) is 16.6. The second-order valence-corrected chi connectivity index (χ2v) is 10.5. The normalized spacial score (nSPS) is 21.8. The van der Waals surface area contributed by atoms with Crippen molar-refractivity contribution < 1.29 is 8.42 Å². The zero-order valence-electron chi connectivity index (χ0n) is 15.8. The lowest BCUT2D eigenvalue weighted by Crippen LogP contribution is -2.47. The van der Waals surface area contributed by atoms with Gasteiger partial charge < -0.3 is 9.80 Å². The van der Waals surface area contributed by atoms with Gasteiger partial charge in [-0.15, -0.1) is 0 Å². The van der Waals surface area contributed by atoms with Crippen molar-refractivity contribution in [1.29, 1.82) is 0 Å². The van der Waals surface area contributed by atoms with Crippen LogP contribution in [0.1, 0.15) is 46.5 Å². The Morgan fingerprint density at radius 2 is 1.64 bits per heavy atom. The van der Waals surface area contributed by atoms with Crippen LogP contribution >= 0.6 is 0 Å². The Balaban J connectivity index is 1.63. The maximum Gasteiger partial charge on any atom is 0.180 e. The van der Waals surface area contributed by atoms with Crippen molar-refractivity contribution in [3.63, 3.8) is 0 Å². The highest BCUT2D eigenvalue weighted by molar-refractivity contribution is 7.92. The van der Waals surface area contributed by atoms with Gasteiger partial charge in [0.05, 0.1) is 10.1 Å². The number of nitrogens with zero attached hydrogens (tertiary/aromatic N) is 2. The molecule has 0 radical (unpaired) electrons. The first-order valence-corrected chi connectivity index (χ1v) is 11.3. The summed E-state index contributed by atoms with van der Waals surface area (Å²) in [6, 6.07) is 8.20. The first-order chi connectivity index (χ1) is 11.9. The molecule has 0 amide bonds. The van der Waals surface area contributed by atoms with Gasteiger partial charge in [0, 0.05) is 24.8 Å². The summed E-state index contributed by atoms with van der Waals surface area (Å²) < 4.78 is 24.9. The highest BCUT2D eigenvalue weighted by atomic mass is 32.2. The summed E-state index contributed by atoms with van der Waals surface area (Å²) in [7, 11) is -3.21. The van der Waals surface area contributed by atoms with Crippen LogP contribution in [0.3, 0.4) is 0 Å². The van der Waals surface area contributed by atoms with Crippen LogP contribution in [0.4, 0.5) is 5.69 Å². The first kappa shape index (κ1) is 18.7. The lowest BCUT2D eigenvalue weighted by Gasteiger charge is -2.42. The molecular formula is C20H32N2O2S. The minimum atomic E-state index is -3.21. The van der Waals surface area contributed by atoms with Crippen molar-refractivity contribution in [3.8, 4) is 0 Å². The van der Waals surface area contributed by atoms with Crippen LogP contribution in [0.5, 0.6) is 0 Å². The topological polar surface area (TPSA) is 40.6 Å². The number of hydrogen-bond acceptors (Lipinski definition) is 4. The molecule has 1 aromatic carbocycles. The Bertz CT molecular complexity index is 671. The van der Waals surface area contributed by atoms with E-state index in [9.17, 15) is 8.42 Å². The van der Waals surface area contributed by atoms with Gasteiger partial charge in [-0.2, -0.15) is 0 Å². The predicted molar refractivity (Wildman–Crippen MR) is 104 cm³/mol. The molecule has 4 nitrogen and oxygen atoms in total. The number of hydrogen-bond donors (Lipinski definition) is 0. The van der Waals surface area contributed by atoms with Gasteiger partial charge in [-0.3, -0.25) is 0 Å². The SMILES string of the molecule is CC1CCN(C2CCN(c3cccc(S(=O)(=O)C(C)C)c3)CC2)CC1. The molecule has 5 heteroatoms. The molecular weight excluding hydrogens is 332 g/mol. The predicted octanol–water partition coefficient (Wildman–Crippen LogP) is 3.57. The summed E-state index contributed by atoms with van der Waals surface area (Å²) in [4.78, 5) is 5.48. The largest absolute Gasteiger partial charge is 0.371 e. The molecule has 2 fully saturated rings. The van der Waals surface area contributed by atoms with Gasteiger partial charge in [-0.25, -0.2) is 8.42 Å². The molecule has 3 rings (SSSR count). The molecule has 0 aromatic heterocycles. The van der Waals surface area contributed by atoms with Crippen molar-refractivity contribution in [2.75, 3.05) is 31.1 Å². The molecule has 2 aliphatic rings. The third kappa shape index (κ3) is 4.20. The molecule has 2 aliphatic heterocycles. The fourth-order valence-corrected chi connectivity index (χ4v) is 5.11. The van der Waals surface area contributed by atoms with Crippen LogP contribution in [0.2, 0.25) is 0 Å². The molecule has 2 saturated heterocycles. The number of benzene rings is 1. The maximum atomic E-state index is 12.4. The Kier molecular flexibility index (Phi) is 5.74. The van der Waals surface area contributed by atoms with Gasteiger partial charge in [0.1, 0.15) is 0 Å². The van der Waals surface area contributed by atoms with Crippen LogP contribution in [-0.2, 0) is 9.84 Å². The van der Waals surface area contributed by atoms with E-state index in [-0.39, 0.29) is 5.25 Å². The molecule has 0 unspecified atom stereocenters. The van der Waals surface area contributed by atoms with E-state index in [2.05, 4.69) is 16.7 Å². The summed E-state index contributed by atoms with van der Waals surface area (Å²) >= 11 is 0. The Morgan fingerprint density at radius 3 is 2.24 bits per heavy atom. The second-order valence-electron chi connectivity index (χ2n) is 8.03. The van der Waals surface area contributed by atoms with E-state index in [1.165, 1.54) is 38.8 Å². The molecule has 140 valence electrons. The third-order valence-corrected chi connectivity index (χ3v) is 8.08. The van der Waals surface area contributed by atoms with Crippen molar-refractivity contribution >= 4 is 15.5 Å². The van der Waals surface area contributed by atoms with Crippen LogP contribution in [0.25, 0.3) is 0 Å².